The van der Waals surface area contributed by atoms with Crippen LogP contribution in [0.2, 0.25) is 0 Å². The fourth-order valence-corrected chi connectivity index (χ4v) is 2.96. The van der Waals surface area contributed by atoms with Gasteiger partial charge in [0, 0.05) is 17.6 Å². The van der Waals surface area contributed by atoms with Crippen LogP contribution in [-0.4, -0.2) is 23.8 Å². The molecule has 1 aromatic heterocycles. The molecule has 0 spiro atoms. The molecular weight excluding hydrogens is 284 g/mol. The van der Waals surface area contributed by atoms with E-state index in [0.717, 1.165) is 21.0 Å². The molecule has 3 rings (SSSR count). The van der Waals surface area contributed by atoms with E-state index in [-0.39, 0.29) is 11.8 Å². The molecule has 5 heteroatoms. The van der Waals surface area contributed by atoms with Crippen LogP contribution in [0, 0.1) is 6.92 Å². The van der Waals surface area contributed by atoms with Gasteiger partial charge in [-0.1, -0.05) is 23.8 Å². The molecule has 0 unspecified atom stereocenters. The minimum absolute atomic E-state index is 0.267. The summed E-state index contributed by atoms with van der Waals surface area (Å²) in [5.41, 5.74) is 2.71. The van der Waals surface area contributed by atoms with Crippen LogP contribution in [-0.2, 0) is 9.59 Å². The van der Waals surface area contributed by atoms with E-state index in [1.54, 1.807) is 0 Å². The molecule has 0 aliphatic carbocycles. The average Bonchev–Trinajstić information content (AvgIpc) is 3.06. The maximum Gasteiger partial charge on any atom is 0.277 e. The third kappa shape index (κ3) is 2.36. The van der Waals surface area contributed by atoms with Crippen LogP contribution in [0.25, 0.3) is 5.57 Å². The summed E-state index contributed by atoms with van der Waals surface area (Å²) in [6.45, 7) is 2.00. The molecule has 0 saturated carbocycles. The Balaban J connectivity index is 2.04. The summed E-state index contributed by atoms with van der Waals surface area (Å²) in [6, 6.07) is 11.4. The Morgan fingerprint density at radius 1 is 1.05 bits per heavy atom. The van der Waals surface area contributed by atoms with Gasteiger partial charge in [-0.25, -0.2) is 0 Å². The minimum Gasteiger partial charge on any atom is -0.350 e. The second-order valence-electron chi connectivity index (χ2n) is 4.89. The van der Waals surface area contributed by atoms with Crippen LogP contribution in [0.5, 0.6) is 0 Å². The van der Waals surface area contributed by atoms with Crippen LogP contribution in [0.3, 0.4) is 0 Å². The molecule has 4 nitrogen and oxygen atoms in total. The number of likely N-dealkylation sites (N-methyl/N-ethyl adjacent to an activating group) is 1. The second-order valence-corrected chi connectivity index (χ2v) is 5.84. The first-order valence-corrected chi connectivity index (χ1v) is 7.40. The number of rotatable bonds is 3. The lowest BCUT2D eigenvalue weighted by molar-refractivity contribution is -0.135. The van der Waals surface area contributed by atoms with Gasteiger partial charge in [0.1, 0.15) is 5.70 Å². The van der Waals surface area contributed by atoms with Crippen LogP contribution in [0.4, 0.5) is 5.69 Å². The Hall–Kier alpha value is -2.40. The monoisotopic (exact) mass is 298 g/mol. The van der Waals surface area contributed by atoms with Crippen LogP contribution >= 0.6 is 11.3 Å². The van der Waals surface area contributed by atoms with Crippen molar-refractivity contribution in [3.8, 4) is 0 Å². The zero-order valence-electron chi connectivity index (χ0n) is 11.7. The number of hydrogen-bond donors (Lipinski definition) is 1. The molecular formula is C16H14N2O2S. The third-order valence-corrected chi connectivity index (χ3v) is 4.26. The van der Waals surface area contributed by atoms with Gasteiger partial charge in [0.15, 0.2) is 0 Å². The first-order chi connectivity index (χ1) is 10.1. The predicted molar refractivity (Wildman–Crippen MR) is 83.8 cm³/mol. The summed E-state index contributed by atoms with van der Waals surface area (Å²) in [6.07, 6.45) is 0. The summed E-state index contributed by atoms with van der Waals surface area (Å²) in [5, 5.41) is 4.98. The van der Waals surface area contributed by atoms with Crippen molar-refractivity contribution in [3.63, 3.8) is 0 Å². The summed E-state index contributed by atoms with van der Waals surface area (Å²) in [7, 11) is 1.50. The SMILES string of the molecule is Cc1ccc(NC2=C(c3cccs3)C(=O)N(C)C2=O)cc1. The van der Waals surface area contributed by atoms with Crippen molar-refractivity contribution in [1.82, 2.24) is 4.90 Å². The number of imide groups is 1. The molecule has 0 saturated heterocycles. The van der Waals surface area contributed by atoms with E-state index in [9.17, 15) is 9.59 Å². The molecule has 0 bridgehead atoms. The number of thiophene rings is 1. The highest BCUT2D eigenvalue weighted by atomic mass is 32.1. The minimum atomic E-state index is -0.302. The third-order valence-electron chi connectivity index (χ3n) is 3.38. The van der Waals surface area contributed by atoms with Crippen LogP contribution in [0.15, 0.2) is 47.5 Å². The number of carbonyl (C=O) groups excluding carboxylic acids is 2. The highest BCUT2D eigenvalue weighted by molar-refractivity contribution is 7.11. The molecule has 1 aliphatic heterocycles. The number of benzene rings is 1. The van der Waals surface area contributed by atoms with Crippen molar-refractivity contribution in [2.45, 2.75) is 6.92 Å². The molecule has 1 aromatic carbocycles. The number of carbonyl (C=O) groups is 2. The fourth-order valence-electron chi connectivity index (χ4n) is 2.19. The van der Waals surface area contributed by atoms with Gasteiger partial charge >= 0.3 is 0 Å². The standard InChI is InChI=1S/C16H14N2O2S/c1-10-5-7-11(8-6-10)17-14-13(12-4-3-9-21-12)15(19)18(2)16(14)20/h3-9,17H,1-2H3. The van der Waals surface area contributed by atoms with E-state index in [0.29, 0.717) is 11.3 Å². The van der Waals surface area contributed by atoms with Crippen molar-refractivity contribution < 1.29 is 9.59 Å². The van der Waals surface area contributed by atoms with Gasteiger partial charge in [-0.15, -0.1) is 11.3 Å². The summed E-state index contributed by atoms with van der Waals surface area (Å²) >= 11 is 1.45. The molecule has 0 fully saturated rings. The van der Waals surface area contributed by atoms with Crippen molar-refractivity contribution in [1.29, 1.82) is 0 Å². The van der Waals surface area contributed by atoms with E-state index in [4.69, 9.17) is 0 Å². The zero-order valence-corrected chi connectivity index (χ0v) is 12.5. The van der Waals surface area contributed by atoms with E-state index in [2.05, 4.69) is 5.32 Å². The highest BCUT2D eigenvalue weighted by Crippen LogP contribution is 2.31. The molecule has 1 N–H and O–H groups in total. The lowest BCUT2D eigenvalue weighted by Gasteiger charge is -2.09. The molecule has 0 atom stereocenters. The Morgan fingerprint density at radius 3 is 2.38 bits per heavy atom. The maximum atomic E-state index is 12.3. The molecule has 1 aliphatic rings. The number of hydrogen-bond acceptors (Lipinski definition) is 4. The van der Waals surface area contributed by atoms with Crippen LogP contribution in [0.1, 0.15) is 10.4 Å². The number of nitrogens with zero attached hydrogens (tertiary/aromatic N) is 1. The maximum absolute atomic E-state index is 12.3. The second kappa shape index (κ2) is 5.18. The van der Waals surface area contributed by atoms with Crippen molar-refractivity contribution >= 4 is 34.4 Å². The zero-order chi connectivity index (χ0) is 15.0. The average molecular weight is 298 g/mol. The van der Waals surface area contributed by atoms with Gasteiger partial charge in [0.25, 0.3) is 11.8 Å². The van der Waals surface area contributed by atoms with Crippen molar-refractivity contribution in [2.75, 3.05) is 12.4 Å². The Bertz CT molecular complexity index is 730. The quantitative estimate of drug-likeness (QED) is 0.886. The highest BCUT2D eigenvalue weighted by Gasteiger charge is 2.37. The van der Waals surface area contributed by atoms with Crippen molar-refractivity contribution in [3.05, 3.63) is 57.9 Å². The predicted octanol–water partition coefficient (Wildman–Crippen LogP) is 2.88. The summed E-state index contributed by atoms with van der Waals surface area (Å²) in [5.74, 6) is -0.568. The molecule has 21 heavy (non-hydrogen) atoms. The Labute approximate surface area is 126 Å². The van der Waals surface area contributed by atoms with Crippen LogP contribution < -0.4 is 5.32 Å². The van der Waals surface area contributed by atoms with Gasteiger partial charge in [-0.05, 0) is 30.5 Å². The number of aryl methyl sites for hydroxylation is 1. The lowest BCUT2D eigenvalue weighted by Crippen LogP contribution is -2.27. The van der Waals surface area contributed by atoms with Gasteiger partial charge < -0.3 is 5.32 Å². The summed E-state index contributed by atoms with van der Waals surface area (Å²) < 4.78 is 0. The first kappa shape index (κ1) is 13.6. The largest absolute Gasteiger partial charge is 0.350 e. The van der Waals surface area contributed by atoms with Gasteiger partial charge in [-0.3, -0.25) is 14.5 Å². The molecule has 106 valence electrons. The lowest BCUT2D eigenvalue weighted by atomic mass is 10.1. The van der Waals surface area contributed by atoms with Gasteiger partial charge in [-0.2, -0.15) is 0 Å². The number of amides is 2. The van der Waals surface area contributed by atoms with Crippen molar-refractivity contribution in [2.24, 2.45) is 0 Å². The fraction of sp³-hybridized carbons (Fsp3) is 0.125. The summed E-state index contributed by atoms with van der Waals surface area (Å²) in [4.78, 5) is 26.5. The first-order valence-electron chi connectivity index (χ1n) is 6.52. The molecule has 2 amide bonds. The van der Waals surface area contributed by atoms with Gasteiger partial charge in [0.2, 0.25) is 0 Å². The Kier molecular flexibility index (Phi) is 3.35. The molecule has 2 aromatic rings. The van der Waals surface area contributed by atoms with E-state index in [1.807, 2.05) is 48.7 Å². The topological polar surface area (TPSA) is 49.4 Å². The molecule has 2 heterocycles. The van der Waals surface area contributed by atoms with E-state index < -0.39 is 0 Å². The smallest absolute Gasteiger partial charge is 0.277 e. The number of anilines is 1. The Morgan fingerprint density at radius 2 is 1.76 bits per heavy atom. The molecule has 0 radical (unpaired) electrons. The number of nitrogens with one attached hydrogen (secondary N) is 1. The van der Waals surface area contributed by atoms with E-state index in [1.165, 1.54) is 18.4 Å². The van der Waals surface area contributed by atoms with Gasteiger partial charge in [0.05, 0.1) is 5.57 Å². The van der Waals surface area contributed by atoms with E-state index >= 15 is 0 Å². The normalized spacial score (nSPS) is 15.0.